The smallest absolute Gasteiger partial charge is 0.149 e. The van der Waals surface area contributed by atoms with Crippen LogP contribution >= 0.6 is 15.9 Å². The monoisotopic (exact) mass is 395 g/mol. The highest BCUT2D eigenvalue weighted by molar-refractivity contribution is 9.10. The second-order valence-electron chi connectivity index (χ2n) is 5.49. The molecule has 3 aromatic carbocycles. The van der Waals surface area contributed by atoms with Crippen molar-refractivity contribution in [1.29, 1.82) is 0 Å². The Morgan fingerprint density at radius 1 is 1.04 bits per heavy atom. The van der Waals surface area contributed by atoms with E-state index in [0.717, 1.165) is 26.9 Å². The summed E-state index contributed by atoms with van der Waals surface area (Å²) in [6, 6.07) is 19.5. The van der Waals surface area contributed by atoms with Gasteiger partial charge < -0.3 is 15.2 Å². The van der Waals surface area contributed by atoms with Crippen molar-refractivity contribution in [2.24, 2.45) is 5.73 Å². The highest BCUT2D eigenvalue weighted by Gasteiger charge is 2.06. The molecule has 0 aliphatic carbocycles. The van der Waals surface area contributed by atoms with Gasteiger partial charge in [-0.05, 0) is 56.5 Å². The van der Waals surface area contributed by atoms with E-state index in [-0.39, 0.29) is 6.04 Å². The number of ether oxygens (including phenoxy) is 2. The second kappa shape index (κ2) is 8.06. The van der Waals surface area contributed by atoms with Crippen LogP contribution in [0, 0.1) is 11.8 Å². The van der Waals surface area contributed by atoms with E-state index in [1.54, 1.807) is 7.11 Å². The van der Waals surface area contributed by atoms with Crippen LogP contribution in [0.4, 0.5) is 0 Å². The number of hydrogen-bond acceptors (Lipinski definition) is 3. The summed E-state index contributed by atoms with van der Waals surface area (Å²) in [5.41, 5.74) is 7.04. The van der Waals surface area contributed by atoms with Crippen LogP contribution in [0.2, 0.25) is 0 Å². The van der Waals surface area contributed by atoms with E-state index in [9.17, 15) is 0 Å². The molecule has 0 aliphatic rings. The van der Waals surface area contributed by atoms with Crippen LogP contribution in [0.3, 0.4) is 0 Å². The van der Waals surface area contributed by atoms with Gasteiger partial charge in [-0.15, -0.1) is 0 Å². The summed E-state index contributed by atoms with van der Waals surface area (Å²) < 4.78 is 11.8. The van der Waals surface area contributed by atoms with Crippen LogP contribution in [0.25, 0.3) is 10.8 Å². The molecule has 2 N–H and O–H groups in total. The molecule has 0 heterocycles. The summed E-state index contributed by atoms with van der Waals surface area (Å²) >= 11 is 3.45. The van der Waals surface area contributed by atoms with Crippen molar-refractivity contribution in [1.82, 2.24) is 0 Å². The Labute approximate surface area is 155 Å². The van der Waals surface area contributed by atoms with Crippen LogP contribution in [0.15, 0.2) is 65.1 Å². The normalized spacial score (nSPS) is 11.5. The molecule has 3 aromatic rings. The van der Waals surface area contributed by atoms with E-state index in [4.69, 9.17) is 15.2 Å². The molecule has 25 heavy (non-hydrogen) atoms. The zero-order valence-corrected chi connectivity index (χ0v) is 15.4. The minimum Gasteiger partial charge on any atom is -0.496 e. The number of fused-ring (bicyclic) bond motifs is 1. The molecule has 126 valence electrons. The van der Waals surface area contributed by atoms with Crippen molar-refractivity contribution < 1.29 is 9.47 Å². The molecule has 0 radical (unpaired) electrons. The summed E-state index contributed by atoms with van der Waals surface area (Å²) in [6.45, 7) is 0.295. The van der Waals surface area contributed by atoms with Crippen LogP contribution in [0.1, 0.15) is 11.6 Å². The minimum absolute atomic E-state index is 0.295. The lowest BCUT2D eigenvalue weighted by Crippen LogP contribution is -2.08. The van der Waals surface area contributed by atoms with Crippen molar-refractivity contribution in [2.45, 2.75) is 6.04 Å². The molecule has 0 spiro atoms. The average molecular weight is 396 g/mol. The third-order valence-electron chi connectivity index (χ3n) is 3.82. The Kier molecular flexibility index (Phi) is 5.60. The van der Waals surface area contributed by atoms with Gasteiger partial charge in [-0.25, -0.2) is 0 Å². The van der Waals surface area contributed by atoms with Gasteiger partial charge in [0.15, 0.2) is 0 Å². The predicted molar refractivity (Wildman–Crippen MR) is 105 cm³/mol. The predicted octanol–water partition coefficient (Wildman–Crippen LogP) is 4.69. The average Bonchev–Trinajstić information content (AvgIpc) is 2.64. The standard InChI is InChI=1S/C21H18BrNO2/c1-24-21-11-9-17(14-19(21)22)20(23)7-4-12-25-18-10-8-15-5-2-3-6-16(15)13-18/h2-3,5-6,8-11,13-14,20H,12,23H2,1H3. The first-order valence-corrected chi connectivity index (χ1v) is 8.65. The van der Waals surface area contributed by atoms with Gasteiger partial charge in [0.05, 0.1) is 17.6 Å². The molecular formula is C21H18BrNO2. The van der Waals surface area contributed by atoms with E-state index in [1.165, 1.54) is 5.39 Å². The van der Waals surface area contributed by atoms with Crippen molar-refractivity contribution in [3.05, 3.63) is 70.7 Å². The number of methoxy groups -OCH3 is 1. The summed E-state index contributed by atoms with van der Waals surface area (Å²) in [5, 5.41) is 2.33. The second-order valence-corrected chi connectivity index (χ2v) is 6.34. The maximum atomic E-state index is 6.12. The summed E-state index contributed by atoms with van der Waals surface area (Å²) in [6.07, 6.45) is 0. The number of halogens is 1. The van der Waals surface area contributed by atoms with E-state index in [1.807, 2.05) is 48.5 Å². The topological polar surface area (TPSA) is 44.5 Å². The van der Waals surface area contributed by atoms with Gasteiger partial charge in [-0.2, -0.15) is 0 Å². The van der Waals surface area contributed by atoms with E-state index in [0.29, 0.717) is 6.61 Å². The molecule has 0 fully saturated rings. The lowest BCUT2D eigenvalue weighted by Gasteiger charge is -2.08. The molecule has 1 atom stereocenters. The third kappa shape index (κ3) is 4.33. The van der Waals surface area contributed by atoms with E-state index >= 15 is 0 Å². The molecule has 0 aromatic heterocycles. The summed E-state index contributed by atoms with van der Waals surface area (Å²) in [7, 11) is 1.63. The van der Waals surface area contributed by atoms with Crippen molar-refractivity contribution in [2.75, 3.05) is 13.7 Å². The number of hydrogen-bond donors (Lipinski definition) is 1. The fourth-order valence-corrected chi connectivity index (χ4v) is 3.05. The Bertz CT molecular complexity index is 943. The highest BCUT2D eigenvalue weighted by atomic mass is 79.9. The first-order valence-electron chi connectivity index (χ1n) is 7.86. The van der Waals surface area contributed by atoms with Crippen LogP contribution in [-0.4, -0.2) is 13.7 Å². The minimum atomic E-state index is -0.373. The maximum absolute atomic E-state index is 6.12. The molecular weight excluding hydrogens is 378 g/mol. The van der Waals surface area contributed by atoms with Gasteiger partial charge in [0.1, 0.15) is 18.1 Å². The Morgan fingerprint density at radius 2 is 1.84 bits per heavy atom. The fraction of sp³-hybridized carbons (Fsp3) is 0.143. The molecule has 0 aliphatic heterocycles. The SMILES string of the molecule is COc1ccc(C(N)C#CCOc2ccc3ccccc3c2)cc1Br. The largest absolute Gasteiger partial charge is 0.496 e. The summed E-state index contributed by atoms with van der Waals surface area (Å²) in [5.74, 6) is 7.56. The molecule has 3 nitrogen and oxygen atoms in total. The van der Waals surface area contributed by atoms with Crippen LogP contribution in [-0.2, 0) is 0 Å². The fourth-order valence-electron chi connectivity index (χ4n) is 2.49. The number of benzene rings is 3. The van der Waals surface area contributed by atoms with Gasteiger partial charge in [-0.1, -0.05) is 48.2 Å². The lowest BCUT2D eigenvalue weighted by atomic mass is 10.1. The van der Waals surface area contributed by atoms with Crippen LogP contribution < -0.4 is 15.2 Å². The maximum Gasteiger partial charge on any atom is 0.149 e. The van der Waals surface area contributed by atoms with Crippen LogP contribution in [0.5, 0.6) is 11.5 Å². The zero-order chi connectivity index (χ0) is 17.6. The van der Waals surface area contributed by atoms with Gasteiger partial charge in [-0.3, -0.25) is 0 Å². The van der Waals surface area contributed by atoms with Crippen molar-refractivity contribution in [3.63, 3.8) is 0 Å². The van der Waals surface area contributed by atoms with Crippen molar-refractivity contribution in [3.8, 4) is 23.3 Å². The van der Waals surface area contributed by atoms with E-state index < -0.39 is 0 Å². The van der Waals surface area contributed by atoms with Crippen molar-refractivity contribution >= 4 is 26.7 Å². The van der Waals surface area contributed by atoms with Gasteiger partial charge in [0.2, 0.25) is 0 Å². The Morgan fingerprint density at radius 3 is 2.60 bits per heavy atom. The zero-order valence-electron chi connectivity index (χ0n) is 13.8. The first-order chi connectivity index (χ1) is 12.2. The summed E-state index contributed by atoms with van der Waals surface area (Å²) in [4.78, 5) is 0. The number of nitrogens with two attached hydrogens (primary N) is 1. The molecule has 3 rings (SSSR count). The molecule has 1 unspecified atom stereocenters. The number of rotatable bonds is 4. The molecule has 0 saturated heterocycles. The molecule has 4 heteroatoms. The molecule has 0 saturated carbocycles. The molecule has 0 amide bonds. The Hall–Kier alpha value is -2.48. The molecule has 0 bridgehead atoms. The lowest BCUT2D eigenvalue weighted by molar-refractivity contribution is 0.370. The van der Waals surface area contributed by atoms with Gasteiger partial charge in [0.25, 0.3) is 0 Å². The quantitative estimate of drug-likeness (QED) is 0.651. The third-order valence-corrected chi connectivity index (χ3v) is 4.44. The highest BCUT2D eigenvalue weighted by Crippen LogP contribution is 2.27. The van der Waals surface area contributed by atoms with E-state index in [2.05, 4.69) is 39.9 Å². The van der Waals surface area contributed by atoms with Gasteiger partial charge >= 0.3 is 0 Å². The van der Waals surface area contributed by atoms with Gasteiger partial charge in [0, 0.05) is 0 Å². The first kappa shape index (κ1) is 17.3. The Balaban J connectivity index is 1.62.